The fourth-order valence-corrected chi connectivity index (χ4v) is 4.53. The SMILES string of the molecule is Cc1cc(-c2cc(-c3ccc4c(c3)CCNC4=O)c(N)nc2F)cc2c1CCNC2. The Hall–Kier alpha value is -3.25. The third-order valence-corrected chi connectivity index (χ3v) is 6.09. The van der Waals surface area contributed by atoms with E-state index < -0.39 is 5.95 Å². The normalized spacial score (nSPS) is 15.3. The van der Waals surface area contributed by atoms with Gasteiger partial charge in [0.05, 0.1) is 0 Å². The van der Waals surface area contributed by atoms with Crippen molar-refractivity contribution in [2.75, 3.05) is 18.8 Å². The number of carbonyl (C=O) groups excluding carboxylic acids is 1. The number of fused-ring (bicyclic) bond motifs is 2. The van der Waals surface area contributed by atoms with Crippen molar-refractivity contribution < 1.29 is 9.18 Å². The largest absolute Gasteiger partial charge is 0.383 e. The lowest BCUT2D eigenvalue weighted by molar-refractivity contribution is 0.0946. The van der Waals surface area contributed by atoms with Gasteiger partial charge in [-0.15, -0.1) is 0 Å². The second kappa shape index (κ2) is 7.22. The van der Waals surface area contributed by atoms with Gasteiger partial charge in [-0.05, 0) is 77.9 Å². The van der Waals surface area contributed by atoms with E-state index >= 15 is 0 Å². The smallest absolute Gasteiger partial charge is 0.251 e. The summed E-state index contributed by atoms with van der Waals surface area (Å²) in [4.78, 5) is 16.0. The number of rotatable bonds is 2. The first-order valence-electron chi connectivity index (χ1n) is 10.2. The van der Waals surface area contributed by atoms with Crippen molar-refractivity contribution in [3.8, 4) is 22.3 Å². The van der Waals surface area contributed by atoms with Gasteiger partial charge in [0.25, 0.3) is 5.91 Å². The summed E-state index contributed by atoms with van der Waals surface area (Å²) in [5.41, 5.74) is 14.2. The number of aryl methyl sites for hydroxylation is 1. The van der Waals surface area contributed by atoms with E-state index in [4.69, 9.17) is 5.73 Å². The van der Waals surface area contributed by atoms with Gasteiger partial charge >= 0.3 is 0 Å². The number of hydrogen-bond acceptors (Lipinski definition) is 4. The van der Waals surface area contributed by atoms with Crippen molar-refractivity contribution in [3.05, 3.63) is 70.2 Å². The van der Waals surface area contributed by atoms with E-state index in [1.807, 2.05) is 24.3 Å². The molecule has 5 rings (SSSR count). The molecule has 0 fully saturated rings. The Labute approximate surface area is 174 Å². The molecule has 0 aliphatic carbocycles. The number of halogens is 1. The van der Waals surface area contributed by atoms with E-state index in [0.29, 0.717) is 23.2 Å². The molecule has 0 saturated carbocycles. The molecule has 3 heterocycles. The minimum atomic E-state index is -0.572. The first-order chi connectivity index (χ1) is 14.5. The molecule has 2 aliphatic rings. The molecular formula is C24H23FN4O. The Morgan fingerprint density at radius 2 is 1.80 bits per heavy atom. The molecule has 1 amide bonds. The monoisotopic (exact) mass is 402 g/mol. The van der Waals surface area contributed by atoms with Crippen LogP contribution in [0.25, 0.3) is 22.3 Å². The van der Waals surface area contributed by atoms with Gasteiger partial charge in [-0.3, -0.25) is 4.79 Å². The van der Waals surface area contributed by atoms with E-state index in [-0.39, 0.29) is 11.7 Å². The molecule has 0 unspecified atom stereocenters. The van der Waals surface area contributed by atoms with Crippen LogP contribution in [0, 0.1) is 12.9 Å². The molecule has 30 heavy (non-hydrogen) atoms. The highest BCUT2D eigenvalue weighted by atomic mass is 19.1. The van der Waals surface area contributed by atoms with Crippen molar-refractivity contribution in [2.45, 2.75) is 26.3 Å². The maximum absolute atomic E-state index is 14.9. The molecular weight excluding hydrogens is 379 g/mol. The summed E-state index contributed by atoms with van der Waals surface area (Å²) in [5, 5.41) is 6.22. The van der Waals surface area contributed by atoms with Crippen molar-refractivity contribution in [1.82, 2.24) is 15.6 Å². The topological polar surface area (TPSA) is 80.0 Å². The Kier molecular flexibility index (Phi) is 4.51. The van der Waals surface area contributed by atoms with Crippen LogP contribution < -0.4 is 16.4 Å². The third-order valence-electron chi connectivity index (χ3n) is 6.09. The maximum Gasteiger partial charge on any atom is 0.251 e. The van der Waals surface area contributed by atoms with Crippen LogP contribution in [0.4, 0.5) is 10.2 Å². The van der Waals surface area contributed by atoms with Crippen molar-refractivity contribution >= 4 is 11.7 Å². The van der Waals surface area contributed by atoms with E-state index in [0.717, 1.165) is 42.6 Å². The summed E-state index contributed by atoms with van der Waals surface area (Å²) in [5.74, 6) is -0.489. The standard InChI is InChI=1S/C24H23FN4O/c1-13-8-16(10-17-12-27-6-5-18(13)17)20-11-21(23(26)29-22(20)25)14-2-3-19-15(9-14)4-7-28-24(19)30/h2-3,8-11,27H,4-7,12H2,1H3,(H2,26,29)(H,28,30). The second-order valence-electron chi connectivity index (χ2n) is 7.99. The van der Waals surface area contributed by atoms with Gasteiger partial charge in [-0.2, -0.15) is 4.39 Å². The molecule has 6 heteroatoms. The van der Waals surface area contributed by atoms with Crippen LogP contribution >= 0.6 is 0 Å². The molecule has 3 aromatic rings. The van der Waals surface area contributed by atoms with Gasteiger partial charge in [0, 0.05) is 29.8 Å². The van der Waals surface area contributed by atoms with Crippen molar-refractivity contribution in [3.63, 3.8) is 0 Å². The fraction of sp³-hybridized carbons (Fsp3) is 0.250. The molecule has 5 nitrogen and oxygen atoms in total. The summed E-state index contributed by atoms with van der Waals surface area (Å²) in [6.07, 6.45) is 1.74. The van der Waals surface area contributed by atoms with Gasteiger partial charge in [0.1, 0.15) is 5.82 Å². The van der Waals surface area contributed by atoms with Crippen LogP contribution in [0.5, 0.6) is 0 Å². The van der Waals surface area contributed by atoms with Crippen LogP contribution in [-0.4, -0.2) is 24.0 Å². The maximum atomic E-state index is 14.9. The molecule has 2 aliphatic heterocycles. The predicted octanol–water partition coefficient (Wildman–Crippen LogP) is 3.38. The van der Waals surface area contributed by atoms with Gasteiger partial charge in [-0.1, -0.05) is 18.2 Å². The van der Waals surface area contributed by atoms with E-state index in [1.54, 1.807) is 12.1 Å². The Balaban J connectivity index is 1.62. The number of anilines is 1. The first kappa shape index (κ1) is 18.8. The highest BCUT2D eigenvalue weighted by molar-refractivity contribution is 5.97. The minimum absolute atomic E-state index is 0.0631. The number of nitrogens with zero attached hydrogens (tertiary/aromatic N) is 1. The van der Waals surface area contributed by atoms with Crippen LogP contribution in [0.15, 0.2) is 36.4 Å². The van der Waals surface area contributed by atoms with Crippen molar-refractivity contribution in [2.24, 2.45) is 0 Å². The summed E-state index contributed by atoms with van der Waals surface area (Å²) < 4.78 is 14.9. The van der Waals surface area contributed by atoms with Gasteiger partial charge in [-0.25, -0.2) is 4.98 Å². The minimum Gasteiger partial charge on any atom is -0.383 e. The highest BCUT2D eigenvalue weighted by Crippen LogP contribution is 2.35. The lowest BCUT2D eigenvalue weighted by Gasteiger charge is -2.21. The zero-order valence-electron chi connectivity index (χ0n) is 16.8. The fourth-order valence-electron chi connectivity index (χ4n) is 4.53. The number of pyridine rings is 1. The van der Waals surface area contributed by atoms with E-state index in [9.17, 15) is 9.18 Å². The zero-order valence-corrected chi connectivity index (χ0v) is 16.8. The lowest BCUT2D eigenvalue weighted by atomic mass is 9.90. The van der Waals surface area contributed by atoms with E-state index in [1.165, 1.54) is 16.7 Å². The quantitative estimate of drug-likeness (QED) is 0.574. The summed E-state index contributed by atoms with van der Waals surface area (Å²) in [6.45, 7) is 4.44. The number of amides is 1. The first-order valence-corrected chi connectivity index (χ1v) is 10.2. The van der Waals surface area contributed by atoms with Gasteiger partial charge in [0.15, 0.2) is 0 Å². The van der Waals surface area contributed by atoms with Crippen LogP contribution in [0.2, 0.25) is 0 Å². The molecule has 1 aromatic heterocycles. The molecule has 152 valence electrons. The van der Waals surface area contributed by atoms with Crippen LogP contribution in [0.3, 0.4) is 0 Å². The third kappa shape index (κ3) is 3.13. The molecule has 0 bridgehead atoms. The Morgan fingerprint density at radius 3 is 2.67 bits per heavy atom. The number of carbonyl (C=O) groups is 1. The van der Waals surface area contributed by atoms with Gasteiger partial charge in [0.2, 0.25) is 5.95 Å². The Morgan fingerprint density at radius 1 is 0.967 bits per heavy atom. The molecule has 0 atom stereocenters. The number of nitrogen functional groups attached to an aromatic ring is 1. The summed E-state index contributed by atoms with van der Waals surface area (Å²) in [6, 6.07) is 11.5. The lowest BCUT2D eigenvalue weighted by Crippen LogP contribution is -2.31. The molecule has 0 saturated heterocycles. The van der Waals surface area contributed by atoms with Crippen LogP contribution in [-0.2, 0) is 19.4 Å². The Bertz CT molecular complexity index is 1190. The van der Waals surface area contributed by atoms with Crippen LogP contribution in [0.1, 0.15) is 32.6 Å². The average Bonchev–Trinajstić information content (AvgIpc) is 2.74. The zero-order chi connectivity index (χ0) is 20.8. The number of aromatic nitrogens is 1. The molecule has 4 N–H and O–H groups in total. The number of nitrogens with two attached hydrogens (primary N) is 1. The average molecular weight is 402 g/mol. The molecule has 2 aromatic carbocycles. The second-order valence-corrected chi connectivity index (χ2v) is 7.99. The van der Waals surface area contributed by atoms with Gasteiger partial charge < -0.3 is 16.4 Å². The predicted molar refractivity (Wildman–Crippen MR) is 116 cm³/mol. The van der Waals surface area contributed by atoms with Crippen molar-refractivity contribution in [1.29, 1.82) is 0 Å². The van der Waals surface area contributed by atoms with E-state index in [2.05, 4.69) is 22.5 Å². The molecule has 0 radical (unpaired) electrons. The summed E-state index contributed by atoms with van der Waals surface area (Å²) in [7, 11) is 0. The number of nitrogens with one attached hydrogen (secondary N) is 2. The summed E-state index contributed by atoms with van der Waals surface area (Å²) >= 11 is 0. The number of benzene rings is 2. The molecule has 0 spiro atoms. The number of hydrogen-bond donors (Lipinski definition) is 3. The highest BCUT2D eigenvalue weighted by Gasteiger charge is 2.20.